The lowest BCUT2D eigenvalue weighted by molar-refractivity contribution is -0.161. The van der Waals surface area contributed by atoms with Gasteiger partial charge in [-0.3, -0.25) is 37.3 Å². The Labute approximate surface area is 568 Å². The summed E-state index contributed by atoms with van der Waals surface area (Å²) in [5.41, 5.74) is 0. The van der Waals surface area contributed by atoms with Gasteiger partial charge in [0.2, 0.25) is 0 Å². The topological polar surface area (TPSA) is 237 Å². The number of hydrogen-bond acceptors (Lipinski definition) is 15. The molecule has 552 valence electrons. The fourth-order valence-corrected chi connectivity index (χ4v) is 12.8. The maximum Gasteiger partial charge on any atom is 0.472 e. The standard InChI is InChI=1S/C74H144O17P2/c1-64(2)50-42-34-26-21-17-13-10-9-11-15-19-23-29-38-46-54-71(76)84-60-69(90-73(78)56-48-40-30-24-20-16-12-14-18-22-27-35-43-51-65(3)4)62-88-92(80,81)86-58-68(75)59-87-93(82,83)89-63-70(61-85-72(77)55-47-39-33-32-37-45-53-67(7)8)91-74(79)57-49-41-31-25-28-36-44-52-66(5)6/h64-70,75H,9-63H2,1-8H3,(H,80,81)(H,82,83)/t68-,69-,70-/m1/s1. The second kappa shape index (κ2) is 63.5. The molecule has 2 unspecified atom stereocenters. The van der Waals surface area contributed by atoms with Crippen LogP contribution in [0.5, 0.6) is 0 Å². The molecular formula is C74H144O17P2. The first kappa shape index (κ1) is 91.1. The van der Waals surface area contributed by atoms with E-state index in [2.05, 4.69) is 55.4 Å². The summed E-state index contributed by atoms with van der Waals surface area (Å²) >= 11 is 0. The summed E-state index contributed by atoms with van der Waals surface area (Å²) in [5.74, 6) is 0.840. The van der Waals surface area contributed by atoms with Crippen molar-refractivity contribution in [3.63, 3.8) is 0 Å². The third-order valence-corrected chi connectivity index (χ3v) is 19.0. The highest BCUT2D eigenvalue weighted by Gasteiger charge is 2.30. The summed E-state index contributed by atoms with van der Waals surface area (Å²) in [7, 11) is -9.91. The molecule has 0 spiro atoms. The molecule has 0 heterocycles. The molecule has 0 rings (SSSR count). The Bertz CT molecular complexity index is 1830. The molecule has 0 amide bonds. The minimum atomic E-state index is -4.96. The number of aliphatic hydroxyl groups excluding tert-OH is 1. The average molecular weight is 1370 g/mol. The Morgan fingerprint density at radius 2 is 0.452 bits per heavy atom. The monoisotopic (exact) mass is 1370 g/mol. The quantitative estimate of drug-likeness (QED) is 0.0222. The van der Waals surface area contributed by atoms with Gasteiger partial charge in [-0.15, -0.1) is 0 Å². The van der Waals surface area contributed by atoms with Crippen molar-refractivity contribution in [2.24, 2.45) is 23.7 Å². The first-order valence-corrected chi connectivity index (χ1v) is 41.2. The molecule has 0 bridgehead atoms. The molecule has 0 radical (unpaired) electrons. The third-order valence-electron chi connectivity index (χ3n) is 17.1. The SMILES string of the molecule is CC(C)CCCCCCCCCCCCCCCCCC(=O)OC[C@H](COP(=O)(O)OC[C@@H](O)COP(=O)(O)OC[C@@H](COC(=O)CCCCCCCCC(C)C)OC(=O)CCCCCCCCCC(C)C)OC(=O)CCCCCCCCCCCCCCCC(C)C. The zero-order valence-corrected chi connectivity index (χ0v) is 62.7. The molecule has 0 saturated heterocycles. The van der Waals surface area contributed by atoms with Crippen LogP contribution in [0.1, 0.15) is 370 Å². The number of phosphoric acid groups is 2. The number of unbranched alkanes of at least 4 members (excludes halogenated alkanes) is 37. The largest absolute Gasteiger partial charge is 0.472 e. The van der Waals surface area contributed by atoms with Crippen molar-refractivity contribution in [3.05, 3.63) is 0 Å². The number of ether oxygens (including phenoxy) is 4. The minimum absolute atomic E-state index is 0.102. The lowest BCUT2D eigenvalue weighted by Gasteiger charge is -2.21. The number of aliphatic hydroxyl groups is 1. The van der Waals surface area contributed by atoms with Gasteiger partial charge in [0.15, 0.2) is 12.2 Å². The zero-order valence-electron chi connectivity index (χ0n) is 60.9. The molecule has 0 aromatic rings. The van der Waals surface area contributed by atoms with Crippen LogP contribution in [0.15, 0.2) is 0 Å². The maximum atomic E-state index is 13.1. The molecule has 5 atom stereocenters. The van der Waals surface area contributed by atoms with Crippen LogP contribution in [-0.4, -0.2) is 96.7 Å². The minimum Gasteiger partial charge on any atom is -0.462 e. The van der Waals surface area contributed by atoms with Gasteiger partial charge in [-0.25, -0.2) is 9.13 Å². The predicted molar refractivity (Wildman–Crippen MR) is 377 cm³/mol. The van der Waals surface area contributed by atoms with E-state index in [1.807, 2.05) is 0 Å². The van der Waals surface area contributed by atoms with E-state index < -0.39 is 97.5 Å². The summed E-state index contributed by atoms with van der Waals surface area (Å²) in [4.78, 5) is 72.6. The Kier molecular flexibility index (Phi) is 62.2. The van der Waals surface area contributed by atoms with Gasteiger partial charge in [-0.2, -0.15) is 0 Å². The lowest BCUT2D eigenvalue weighted by atomic mass is 10.0. The van der Waals surface area contributed by atoms with Crippen molar-refractivity contribution in [1.29, 1.82) is 0 Å². The van der Waals surface area contributed by atoms with Crippen LogP contribution in [-0.2, 0) is 65.4 Å². The van der Waals surface area contributed by atoms with Gasteiger partial charge >= 0.3 is 39.5 Å². The summed E-state index contributed by atoms with van der Waals surface area (Å²) in [6.07, 6.45) is 47.5. The van der Waals surface area contributed by atoms with E-state index in [9.17, 15) is 43.2 Å². The predicted octanol–water partition coefficient (Wildman–Crippen LogP) is 21.3. The van der Waals surface area contributed by atoms with E-state index in [0.717, 1.165) is 108 Å². The van der Waals surface area contributed by atoms with Crippen LogP contribution in [0.2, 0.25) is 0 Å². The van der Waals surface area contributed by atoms with Crippen molar-refractivity contribution in [3.8, 4) is 0 Å². The highest BCUT2D eigenvalue weighted by molar-refractivity contribution is 7.47. The molecule has 0 saturated carbocycles. The Morgan fingerprint density at radius 1 is 0.269 bits per heavy atom. The smallest absolute Gasteiger partial charge is 0.462 e. The van der Waals surface area contributed by atoms with Crippen LogP contribution in [0, 0.1) is 23.7 Å². The fourth-order valence-electron chi connectivity index (χ4n) is 11.2. The van der Waals surface area contributed by atoms with Gasteiger partial charge in [0.1, 0.15) is 19.3 Å². The maximum absolute atomic E-state index is 13.1. The molecule has 0 aliphatic rings. The first-order valence-electron chi connectivity index (χ1n) is 38.2. The van der Waals surface area contributed by atoms with Crippen molar-refractivity contribution in [1.82, 2.24) is 0 Å². The van der Waals surface area contributed by atoms with E-state index in [4.69, 9.17) is 37.0 Å². The Morgan fingerprint density at radius 3 is 0.667 bits per heavy atom. The number of carbonyl (C=O) groups is 4. The molecule has 0 aliphatic heterocycles. The third kappa shape index (κ3) is 68.4. The second-order valence-electron chi connectivity index (χ2n) is 28.6. The van der Waals surface area contributed by atoms with E-state index in [1.165, 1.54) is 167 Å². The van der Waals surface area contributed by atoms with E-state index in [-0.39, 0.29) is 25.7 Å². The average Bonchev–Trinajstić information content (AvgIpc) is 1.77. The molecule has 17 nitrogen and oxygen atoms in total. The number of carbonyl (C=O) groups excluding carboxylic acids is 4. The summed E-state index contributed by atoms with van der Waals surface area (Å²) in [6.45, 7) is 14.1. The van der Waals surface area contributed by atoms with Crippen LogP contribution in [0.25, 0.3) is 0 Å². The van der Waals surface area contributed by atoms with Crippen LogP contribution in [0.4, 0.5) is 0 Å². The summed E-state index contributed by atoms with van der Waals surface area (Å²) in [6, 6.07) is 0. The van der Waals surface area contributed by atoms with Gasteiger partial charge in [-0.1, -0.05) is 319 Å². The lowest BCUT2D eigenvalue weighted by Crippen LogP contribution is -2.30. The highest BCUT2D eigenvalue weighted by Crippen LogP contribution is 2.45. The second-order valence-corrected chi connectivity index (χ2v) is 31.5. The van der Waals surface area contributed by atoms with Crippen LogP contribution in [0.3, 0.4) is 0 Å². The number of hydrogen-bond donors (Lipinski definition) is 3. The molecule has 19 heteroatoms. The van der Waals surface area contributed by atoms with Crippen LogP contribution < -0.4 is 0 Å². The van der Waals surface area contributed by atoms with Gasteiger partial charge in [0.25, 0.3) is 0 Å². The fraction of sp³-hybridized carbons (Fsp3) is 0.946. The highest BCUT2D eigenvalue weighted by atomic mass is 31.2. The zero-order chi connectivity index (χ0) is 68.9. The van der Waals surface area contributed by atoms with Gasteiger partial charge < -0.3 is 33.8 Å². The molecule has 0 aromatic heterocycles. The molecule has 3 N–H and O–H groups in total. The number of esters is 4. The van der Waals surface area contributed by atoms with E-state index in [0.29, 0.717) is 37.5 Å². The molecular weight excluding hydrogens is 1220 g/mol. The van der Waals surface area contributed by atoms with E-state index >= 15 is 0 Å². The summed E-state index contributed by atoms with van der Waals surface area (Å²) < 4.78 is 68.4. The Balaban J connectivity index is 5.21. The first-order chi connectivity index (χ1) is 44.6. The van der Waals surface area contributed by atoms with Crippen molar-refractivity contribution in [2.45, 2.75) is 388 Å². The number of rotatable bonds is 71. The van der Waals surface area contributed by atoms with Crippen molar-refractivity contribution < 1.29 is 80.2 Å². The molecule has 93 heavy (non-hydrogen) atoms. The normalized spacial score (nSPS) is 14.2. The van der Waals surface area contributed by atoms with E-state index in [1.54, 1.807) is 0 Å². The van der Waals surface area contributed by atoms with Gasteiger partial charge in [-0.05, 0) is 49.4 Å². The molecule has 0 aromatic carbocycles. The van der Waals surface area contributed by atoms with Gasteiger partial charge in [0.05, 0.1) is 26.4 Å². The molecule has 0 fully saturated rings. The van der Waals surface area contributed by atoms with Gasteiger partial charge in [0, 0.05) is 25.7 Å². The molecule has 0 aliphatic carbocycles. The number of phosphoric ester groups is 2. The Hall–Kier alpha value is -1.94. The van der Waals surface area contributed by atoms with Crippen molar-refractivity contribution >= 4 is 39.5 Å². The van der Waals surface area contributed by atoms with Crippen molar-refractivity contribution in [2.75, 3.05) is 39.6 Å². The van der Waals surface area contributed by atoms with Crippen LogP contribution >= 0.6 is 15.6 Å². The summed E-state index contributed by atoms with van der Waals surface area (Å²) in [5, 5.41) is 10.6.